The molecule has 9 aliphatic heterocycles. The molecule has 20 rings (SSSR count). The van der Waals surface area contributed by atoms with E-state index in [4.69, 9.17) is 39.9 Å². The molecule has 3 aromatic heterocycles. The van der Waals surface area contributed by atoms with Crippen LogP contribution >= 0.6 is 0 Å². The Hall–Kier alpha value is -7.72. The summed E-state index contributed by atoms with van der Waals surface area (Å²) < 4.78 is 0. The zero-order chi connectivity index (χ0) is 62.8. The Morgan fingerprint density at radius 1 is 0.299 bits per heavy atom. The maximum absolute atomic E-state index is 6.15. The van der Waals surface area contributed by atoms with Gasteiger partial charge in [0.25, 0.3) is 0 Å². The van der Waals surface area contributed by atoms with E-state index in [-0.39, 0.29) is 46.6 Å². The second kappa shape index (κ2) is 25.9. The standard InChI is InChI=1S/C76H72N15.C4H8.Cu.Na/c1-2-24-47-46(23-1)45-54-55(62(47)85-31-9-10-32-85)70-77-69(54)78-71-56-57(64(87-35-13-14-36-87)49-26-4-3-25-48(49)63(56)86-33-11-12-34-86)73(80-71)82-75-60-61(68(91-43-21-22-44-91)53-30-8-7-29-52(53)67(60)90-41-19-20-42-90)76(84-75)83-74-59-58(72(79-70)81-74)65(88-37-15-16-38-88)50-27-5-6-28-51(50)66(59)89-39-17-18-40-89;1-3-4-2;;/h1-8,23-30H,9-22,31-44H2;1-4H2;;/q-3;-2;+2;+1. The molecule has 1 radical (unpaired) electrons. The number of fused-ring (bicyclic) bond motifs is 24. The van der Waals surface area contributed by atoms with Crippen LogP contribution in [0.4, 0.5) is 39.8 Å². The van der Waals surface area contributed by atoms with Gasteiger partial charge >= 0.3 is 46.6 Å². The maximum atomic E-state index is 6.15. The predicted octanol–water partition coefficient (Wildman–Crippen LogP) is 13.2. The van der Waals surface area contributed by atoms with Gasteiger partial charge in [0.15, 0.2) is 0 Å². The van der Waals surface area contributed by atoms with Gasteiger partial charge in [-0.3, -0.25) is 4.98 Å². The van der Waals surface area contributed by atoms with Crippen molar-refractivity contribution in [2.45, 2.75) is 103 Å². The summed E-state index contributed by atoms with van der Waals surface area (Å²) in [5.74, 6) is 2.44. The third-order valence-corrected chi connectivity index (χ3v) is 22.1. The fourth-order valence-electron chi connectivity index (χ4n) is 17.9. The second-order valence-electron chi connectivity index (χ2n) is 27.8. The fourth-order valence-corrected chi connectivity index (χ4v) is 17.9. The van der Waals surface area contributed by atoms with Gasteiger partial charge < -0.3 is 78.1 Å². The number of aromatic nitrogens is 8. The van der Waals surface area contributed by atoms with Crippen LogP contribution in [-0.2, 0) is 17.1 Å². The van der Waals surface area contributed by atoms with Gasteiger partial charge in [-0.1, -0.05) is 102 Å². The van der Waals surface area contributed by atoms with Crippen molar-refractivity contribution >= 4 is 127 Å². The first-order chi connectivity index (χ1) is 47.1. The Balaban J connectivity index is 0.00000115. The van der Waals surface area contributed by atoms with Crippen LogP contribution in [0.15, 0.2) is 97.1 Å². The Morgan fingerprint density at radius 3 is 0.845 bits per heavy atom. The van der Waals surface area contributed by atoms with E-state index in [1.807, 2.05) is 0 Å². The first-order valence-electron chi connectivity index (χ1n) is 35.9. The third-order valence-electron chi connectivity index (χ3n) is 22.1. The second-order valence-corrected chi connectivity index (χ2v) is 27.8. The smallest absolute Gasteiger partial charge is 0.383 e. The summed E-state index contributed by atoms with van der Waals surface area (Å²) in [5, 5.41) is 13.7. The third kappa shape index (κ3) is 10.2. The summed E-state index contributed by atoms with van der Waals surface area (Å²) >= 11 is 0. The molecule has 15 nitrogen and oxygen atoms in total. The number of unbranched alkanes of at least 4 members (excludes halogenated alkanes) is 1. The number of rotatable bonds is 8. The molecule has 17 heteroatoms. The average Bonchev–Trinajstić information content (AvgIpc) is 1.60. The molecule has 0 N–H and O–H groups in total. The first kappa shape index (κ1) is 62.8. The molecule has 11 aromatic rings. The van der Waals surface area contributed by atoms with Gasteiger partial charge in [0.2, 0.25) is 0 Å². The minimum Gasteiger partial charge on any atom is -0.383 e. The molecular weight excluding hydrogens is 1260 g/mol. The Morgan fingerprint density at radius 2 is 0.536 bits per heavy atom. The molecule has 7 saturated heterocycles. The number of benzene rings is 8. The van der Waals surface area contributed by atoms with Gasteiger partial charge in [0.1, 0.15) is 0 Å². The van der Waals surface area contributed by atoms with Crippen molar-refractivity contribution in [1.29, 1.82) is 0 Å². The summed E-state index contributed by atoms with van der Waals surface area (Å²) in [6, 6.07) is 40.2. The summed E-state index contributed by atoms with van der Waals surface area (Å²) in [4.78, 5) is 66.4. The van der Waals surface area contributed by atoms with Crippen LogP contribution in [0.5, 0.6) is 0 Å². The SMILES string of the molecule is [CH2-]CC[CH2-].[Cu+2].[Na+].[c-]1c2c(c(N3CCCC3)c3ccccc13)-c1nc-2nc2[n-]c(nc3nc(nc4[n-]c(n1)c1c(N5CCCC5)c5ccccc5c(N5CCCC5)c41)-c1c-3c(N3CCCC3)c3ccccc3c1N1CCCC1)c1c(N3CCCC3)c3ccccc3c(N3CCCC3)c21. The van der Waals surface area contributed by atoms with Gasteiger partial charge in [0.05, 0.1) is 51.6 Å². The average molecular weight is 1340 g/mol. The summed E-state index contributed by atoms with van der Waals surface area (Å²) in [6.45, 7) is 20.3. The van der Waals surface area contributed by atoms with E-state index < -0.39 is 0 Å². The molecule has 0 aliphatic carbocycles. The van der Waals surface area contributed by atoms with Crippen molar-refractivity contribution in [3.8, 4) is 45.6 Å². The van der Waals surface area contributed by atoms with Gasteiger partial charge in [-0.15, -0.1) is 17.5 Å². The maximum Gasteiger partial charge on any atom is 2.00 e. The van der Waals surface area contributed by atoms with Crippen molar-refractivity contribution in [3.63, 3.8) is 0 Å². The van der Waals surface area contributed by atoms with Crippen LogP contribution in [0.25, 0.3) is 133 Å². The molecule has 0 saturated carbocycles. The first-order valence-corrected chi connectivity index (χ1v) is 35.9. The van der Waals surface area contributed by atoms with E-state index in [9.17, 15) is 0 Å². The number of anilines is 7. The molecule has 12 heterocycles. The van der Waals surface area contributed by atoms with Crippen molar-refractivity contribution < 1.29 is 46.6 Å². The van der Waals surface area contributed by atoms with Crippen LogP contribution in [0.2, 0.25) is 0 Å². The zero-order valence-electron chi connectivity index (χ0n) is 55.9. The van der Waals surface area contributed by atoms with Gasteiger partial charge in [-0.25, -0.2) is 17.8 Å². The Bertz CT molecular complexity index is 5060. The van der Waals surface area contributed by atoms with E-state index in [0.717, 1.165) is 255 Å². The molecular formula is C80H80CuN15Na-2. The van der Waals surface area contributed by atoms with Gasteiger partial charge in [0, 0.05) is 185 Å². The number of hydrogen-bond acceptors (Lipinski definition) is 13. The van der Waals surface area contributed by atoms with Crippen molar-refractivity contribution in [2.24, 2.45) is 0 Å². The summed E-state index contributed by atoms with van der Waals surface area (Å²) in [7, 11) is 0. The van der Waals surface area contributed by atoms with Gasteiger partial charge in [-0.05, 0) is 101 Å². The minimum absolute atomic E-state index is 0. The van der Waals surface area contributed by atoms with Crippen molar-refractivity contribution in [2.75, 3.05) is 126 Å². The minimum atomic E-state index is 0. The van der Waals surface area contributed by atoms with E-state index in [1.165, 1.54) is 66.4 Å². The number of hydrogen-bond donors (Lipinski definition) is 0. The van der Waals surface area contributed by atoms with Crippen LogP contribution < -0.4 is 73.8 Å². The van der Waals surface area contributed by atoms with E-state index in [0.29, 0.717) is 45.9 Å². The van der Waals surface area contributed by atoms with E-state index in [2.05, 4.69) is 151 Å². The van der Waals surface area contributed by atoms with Crippen LogP contribution in [0.3, 0.4) is 0 Å². The largest absolute Gasteiger partial charge is 2.00 e. The molecule has 9 aliphatic rings. The fraction of sp³-hybridized carbons (Fsp3) is 0.375. The number of nitrogens with zero attached hydrogens (tertiary/aromatic N) is 15. The van der Waals surface area contributed by atoms with E-state index >= 15 is 0 Å². The molecule has 97 heavy (non-hydrogen) atoms. The quantitative estimate of drug-likeness (QED) is 0.106. The molecule has 0 amide bonds. The molecule has 489 valence electrons. The van der Waals surface area contributed by atoms with E-state index in [1.54, 1.807) is 0 Å². The van der Waals surface area contributed by atoms with Gasteiger partial charge in [-0.2, -0.15) is 0 Å². The van der Waals surface area contributed by atoms with Crippen molar-refractivity contribution in [3.05, 3.63) is 117 Å². The normalized spacial score (nSPS) is 17.6. The summed E-state index contributed by atoms with van der Waals surface area (Å²) in [6.07, 6.45) is 17.6. The Labute approximate surface area is 600 Å². The monoisotopic (exact) mass is 1340 g/mol. The molecule has 8 bridgehead atoms. The molecule has 8 aromatic carbocycles. The van der Waals surface area contributed by atoms with Crippen LogP contribution in [-0.4, -0.2) is 122 Å². The molecule has 0 spiro atoms. The zero-order valence-corrected chi connectivity index (χ0v) is 58.8. The molecule has 0 unspecified atom stereocenters. The summed E-state index contributed by atoms with van der Waals surface area (Å²) in [5.41, 5.74) is 14.6. The van der Waals surface area contributed by atoms with Crippen molar-refractivity contribution in [1.82, 2.24) is 39.9 Å². The topological polar surface area (TPSA) is 128 Å². The molecule has 7 fully saturated rings. The molecule has 0 atom stereocenters. The van der Waals surface area contributed by atoms with Crippen LogP contribution in [0, 0.1) is 19.9 Å². The Kier molecular flexibility index (Phi) is 16.7. The van der Waals surface area contributed by atoms with Crippen LogP contribution in [0.1, 0.15) is 103 Å². The predicted molar refractivity (Wildman–Crippen MR) is 393 cm³/mol.